The largest absolute Gasteiger partial charge is 0.495 e. The molecule has 0 saturated heterocycles. The maximum atomic E-state index is 12.1. The topological polar surface area (TPSA) is 61.9 Å². The van der Waals surface area contributed by atoms with Crippen molar-refractivity contribution in [1.29, 1.82) is 0 Å². The van der Waals surface area contributed by atoms with Crippen molar-refractivity contribution in [2.75, 3.05) is 46.2 Å². The second-order valence-corrected chi connectivity index (χ2v) is 6.22. The predicted molar refractivity (Wildman–Crippen MR) is 96.7 cm³/mol. The van der Waals surface area contributed by atoms with Crippen molar-refractivity contribution in [3.05, 3.63) is 23.2 Å². The molecule has 0 aliphatic rings. The molecule has 0 bridgehead atoms. The molecule has 0 spiro atoms. The van der Waals surface area contributed by atoms with Gasteiger partial charge in [0.2, 0.25) is 11.8 Å². The number of nitrogens with zero attached hydrogens (tertiary/aromatic N) is 2. The van der Waals surface area contributed by atoms with Gasteiger partial charge in [0, 0.05) is 32.1 Å². The number of carbonyl (C=O) groups is 2. The molecule has 0 fully saturated rings. The van der Waals surface area contributed by atoms with Gasteiger partial charge in [0.1, 0.15) is 5.75 Å². The molecule has 0 aliphatic carbocycles. The number of hydrogen-bond donors (Lipinski definition) is 1. The van der Waals surface area contributed by atoms with E-state index < -0.39 is 0 Å². The molecule has 0 radical (unpaired) electrons. The van der Waals surface area contributed by atoms with E-state index in [9.17, 15) is 9.59 Å². The van der Waals surface area contributed by atoms with Crippen molar-refractivity contribution < 1.29 is 14.3 Å². The van der Waals surface area contributed by atoms with Gasteiger partial charge in [-0.25, -0.2) is 0 Å². The Morgan fingerprint density at radius 2 is 1.92 bits per heavy atom. The van der Waals surface area contributed by atoms with E-state index >= 15 is 0 Å². The summed E-state index contributed by atoms with van der Waals surface area (Å²) in [4.78, 5) is 27.5. The zero-order chi connectivity index (χ0) is 18.1. The van der Waals surface area contributed by atoms with Crippen LogP contribution in [0.2, 0.25) is 5.02 Å². The fourth-order valence-corrected chi connectivity index (χ4v) is 2.47. The molecule has 134 valence electrons. The van der Waals surface area contributed by atoms with Gasteiger partial charge in [-0.05, 0) is 45.3 Å². The van der Waals surface area contributed by atoms with Crippen molar-refractivity contribution in [2.24, 2.45) is 0 Å². The Morgan fingerprint density at radius 1 is 1.21 bits per heavy atom. The fraction of sp³-hybridized carbons (Fsp3) is 0.529. The first-order valence-electron chi connectivity index (χ1n) is 7.87. The predicted octanol–water partition coefficient (Wildman–Crippen LogP) is 2.48. The molecule has 0 heterocycles. The molecule has 0 aliphatic heterocycles. The monoisotopic (exact) mass is 355 g/mol. The van der Waals surface area contributed by atoms with Gasteiger partial charge in [-0.15, -0.1) is 0 Å². The molecule has 0 aromatic heterocycles. The van der Waals surface area contributed by atoms with E-state index in [1.54, 1.807) is 23.1 Å². The van der Waals surface area contributed by atoms with Gasteiger partial charge in [-0.1, -0.05) is 11.6 Å². The Kier molecular flexibility index (Phi) is 8.57. The van der Waals surface area contributed by atoms with E-state index in [1.807, 2.05) is 14.1 Å². The maximum Gasteiger partial charge on any atom is 0.226 e. The lowest BCUT2D eigenvalue weighted by Crippen LogP contribution is -2.34. The van der Waals surface area contributed by atoms with E-state index in [2.05, 4.69) is 10.2 Å². The van der Waals surface area contributed by atoms with Crippen LogP contribution in [-0.2, 0) is 9.59 Å². The quantitative estimate of drug-likeness (QED) is 0.739. The van der Waals surface area contributed by atoms with Crippen LogP contribution in [-0.4, -0.2) is 62.5 Å². The van der Waals surface area contributed by atoms with Crippen molar-refractivity contribution in [3.8, 4) is 5.75 Å². The lowest BCUT2D eigenvalue weighted by molar-refractivity contribution is -0.129. The molecule has 24 heavy (non-hydrogen) atoms. The molecule has 1 N–H and O–H groups in total. The second-order valence-electron chi connectivity index (χ2n) is 5.81. The number of halogens is 1. The maximum absolute atomic E-state index is 12.1. The molecule has 6 nitrogen and oxygen atoms in total. The number of hydrogen-bond acceptors (Lipinski definition) is 4. The highest BCUT2D eigenvalue weighted by atomic mass is 35.5. The van der Waals surface area contributed by atoms with Gasteiger partial charge in [-0.2, -0.15) is 0 Å². The molecule has 7 heteroatoms. The lowest BCUT2D eigenvalue weighted by Gasteiger charge is -2.21. The van der Waals surface area contributed by atoms with Gasteiger partial charge in [0.05, 0.1) is 12.1 Å². The number of benzene rings is 1. The third-order valence-corrected chi connectivity index (χ3v) is 3.82. The van der Waals surface area contributed by atoms with E-state index in [0.717, 1.165) is 13.0 Å². The number of methoxy groups -OCH3 is 1. The van der Waals surface area contributed by atoms with Crippen LogP contribution in [0.5, 0.6) is 5.75 Å². The van der Waals surface area contributed by atoms with Crippen LogP contribution >= 0.6 is 11.6 Å². The highest BCUT2D eigenvalue weighted by Gasteiger charge is 2.12. The molecule has 0 atom stereocenters. The summed E-state index contributed by atoms with van der Waals surface area (Å²) in [5.74, 6) is 0.377. The number of ether oxygens (including phenoxy) is 1. The number of anilines is 1. The van der Waals surface area contributed by atoms with Crippen molar-refractivity contribution in [2.45, 2.75) is 19.8 Å². The van der Waals surface area contributed by atoms with E-state index in [0.29, 0.717) is 29.5 Å². The summed E-state index contributed by atoms with van der Waals surface area (Å²) in [6, 6.07) is 5.06. The Labute approximate surface area is 148 Å². The first-order chi connectivity index (χ1) is 11.3. The van der Waals surface area contributed by atoms with Crippen molar-refractivity contribution in [1.82, 2.24) is 9.80 Å². The van der Waals surface area contributed by atoms with E-state index in [4.69, 9.17) is 16.3 Å². The Bertz CT molecular complexity index is 564. The van der Waals surface area contributed by atoms with Crippen LogP contribution < -0.4 is 10.1 Å². The van der Waals surface area contributed by atoms with Crippen LogP contribution in [0.4, 0.5) is 5.69 Å². The molecular weight excluding hydrogens is 330 g/mol. The Hall–Kier alpha value is -1.79. The summed E-state index contributed by atoms with van der Waals surface area (Å²) in [6.45, 7) is 3.48. The molecule has 2 amide bonds. The number of nitrogens with one attached hydrogen (secondary N) is 1. The summed E-state index contributed by atoms with van der Waals surface area (Å²) >= 11 is 6.03. The van der Waals surface area contributed by atoms with Crippen molar-refractivity contribution in [3.63, 3.8) is 0 Å². The van der Waals surface area contributed by atoms with Crippen LogP contribution in [0.15, 0.2) is 18.2 Å². The summed E-state index contributed by atoms with van der Waals surface area (Å²) in [6.07, 6.45) is 1.12. The lowest BCUT2D eigenvalue weighted by atomic mass is 10.2. The average molecular weight is 356 g/mol. The second kappa shape index (κ2) is 10.2. The molecule has 1 aromatic rings. The molecule has 1 rings (SSSR count). The van der Waals surface area contributed by atoms with Crippen LogP contribution in [0.3, 0.4) is 0 Å². The fourth-order valence-electron chi connectivity index (χ4n) is 2.21. The van der Waals surface area contributed by atoms with Crippen LogP contribution in [0.25, 0.3) is 0 Å². The number of amides is 2. The van der Waals surface area contributed by atoms with Gasteiger partial charge in [0.25, 0.3) is 0 Å². The van der Waals surface area contributed by atoms with Gasteiger partial charge in [0.15, 0.2) is 0 Å². The summed E-state index contributed by atoms with van der Waals surface area (Å²) < 4.78 is 5.07. The third-order valence-electron chi connectivity index (χ3n) is 3.52. The molecule has 0 unspecified atom stereocenters. The third kappa shape index (κ3) is 7.19. The highest BCUT2D eigenvalue weighted by molar-refractivity contribution is 6.32. The Morgan fingerprint density at radius 3 is 2.46 bits per heavy atom. The minimum atomic E-state index is -0.157. The first-order valence-corrected chi connectivity index (χ1v) is 8.25. The minimum absolute atomic E-state index is 0.0194. The summed E-state index contributed by atoms with van der Waals surface area (Å²) in [5.41, 5.74) is 0.604. The normalized spacial score (nSPS) is 10.6. The van der Waals surface area contributed by atoms with Gasteiger partial charge < -0.3 is 19.9 Å². The Balaban J connectivity index is 2.48. The molecule has 1 aromatic carbocycles. The molecule has 0 saturated carbocycles. The zero-order valence-corrected chi connectivity index (χ0v) is 15.5. The zero-order valence-electron chi connectivity index (χ0n) is 14.8. The van der Waals surface area contributed by atoms with Crippen LogP contribution in [0, 0.1) is 0 Å². The summed E-state index contributed by atoms with van der Waals surface area (Å²) in [5, 5.41) is 3.21. The SMILES string of the molecule is COc1ccc(NC(=O)CCN(CCCN(C)C)C(C)=O)cc1Cl. The standard InChI is InChI=1S/C17H26ClN3O3/c1-13(22)21(10-5-9-20(2)3)11-8-17(23)19-14-6-7-16(24-4)15(18)12-14/h6-7,12H,5,8-11H2,1-4H3,(H,19,23). The molecular formula is C17H26ClN3O3. The number of carbonyl (C=O) groups excluding carboxylic acids is 2. The van der Waals surface area contributed by atoms with Gasteiger partial charge in [-0.3, -0.25) is 9.59 Å². The van der Waals surface area contributed by atoms with E-state index in [1.165, 1.54) is 14.0 Å². The smallest absolute Gasteiger partial charge is 0.226 e. The van der Waals surface area contributed by atoms with Crippen molar-refractivity contribution >= 4 is 29.1 Å². The average Bonchev–Trinajstić information content (AvgIpc) is 2.50. The first kappa shape index (κ1) is 20.3. The number of rotatable bonds is 9. The highest BCUT2D eigenvalue weighted by Crippen LogP contribution is 2.27. The summed E-state index contributed by atoms with van der Waals surface area (Å²) in [7, 11) is 5.52. The van der Waals surface area contributed by atoms with Crippen LogP contribution in [0.1, 0.15) is 19.8 Å². The minimum Gasteiger partial charge on any atom is -0.495 e. The van der Waals surface area contributed by atoms with Gasteiger partial charge >= 0.3 is 0 Å². The van der Waals surface area contributed by atoms with E-state index in [-0.39, 0.29) is 18.2 Å².